The highest BCUT2D eigenvalue weighted by Crippen LogP contribution is 2.12. The molecule has 0 aromatic rings. The van der Waals surface area contributed by atoms with E-state index in [-0.39, 0.29) is 24.4 Å². The minimum Gasteiger partial charge on any atom is -0.341 e. The van der Waals surface area contributed by atoms with Gasteiger partial charge in [0.15, 0.2) is 0 Å². The van der Waals surface area contributed by atoms with Crippen LogP contribution in [0.25, 0.3) is 0 Å². The monoisotopic (exact) mass is 343 g/mol. The van der Waals surface area contributed by atoms with Crippen LogP contribution in [-0.4, -0.2) is 41.5 Å². The van der Waals surface area contributed by atoms with Crippen molar-refractivity contribution in [3.05, 3.63) is 0 Å². The first kappa shape index (κ1) is 23.0. The first-order chi connectivity index (χ1) is 11.2. The molecule has 0 bridgehead atoms. The van der Waals surface area contributed by atoms with Crippen LogP contribution in [0.4, 0.5) is 0 Å². The number of aldehydes is 1. The number of unbranched alkanes of at least 4 members (excludes halogenated alkanes) is 1. The molecule has 6 N–H and O–H groups in total. The second-order valence-electron chi connectivity index (χ2n) is 7.21. The van der Waals surface area contributed by atoms with Crippen LogP contribution < -0.4 is 22.3 Å². The minimum atomic E-state index is -1.11. The van der Waals surface area contributed by atoms with Crippen LogP contribution in [0.3, 0.4) is 0 Å². The molecular weight excluding hydrogens is 306 g/mol. The standard InChI is InChI=1S/C17H37N5O2/c1-6-8-10-14(9-7-2)20-15(13(3)4)16(24)21-17(5,12-23)11-22(18)19/h12-15,20H,6-11,18-19H2,1-5H3,(H,21,24). The van der Waals surface area contributed by atoms with E-state index in [1.165, 1.54) is 0 Å². The molecule has 0 saturated carbocycles. The van der Waals surface area contributed by atoms with Gasteiger partial charge in [-0.3, -0.25) is 16.5 Å². The van der Waals surface area contributed by atoms with Crippen LogP contribution in [-0.2, 0) is 9.59 Å². The van der Waals surface area contributed by atoms with Crippen molar-refractivity contribution in [3.63, 3.8) is 0 Å². The van der Waals surface area contributed by atoms with Gasteiger partial charge in [-0.15, -0.1) is 0 Å². The summed E-state index contributed by atoms with van der Waals surface area (Å²) in [7, 11) is 0. The molecule has 7 nitrogen and oxygen atoms in total. The summed E-state index contributed by atoms with van der Waals surface area (Å²) in [6.45, 7) is 9.96. The van der Waals surface area contributed by atoms with Crippen LogP contribution >= 0.6 is 0 Å². The van der Waals surface area contributed by atoms with Crippen molar-refractivity contribution in [3.8, 4) is 0 Å². The lowest BCUT2D eigenvalue weighted by Crippen LogP contribution is -2.62. The van der Waals surface area contributed by atoms with Crippen molar-refractivity contribution in [2.75, 3.05) is 6.54 Å². The number of hydrazine groups is 2. The van der Waals surface area contributed by atoms with Gasteiger partial charge in [0.25, 0.3) is 0 Å². The van der Waals surface area contributed by atoms with E-state index in [0.29, 0.717) is 12.3 Å². The Morgan fingerprint density at radius 1 is 1.21 bits per heavy atom. The molecule has 7 heteroatoms. The van der Waals surface area contributed by atoms with Gasteiger partial charge in [-0.05, 0) is 25.7 Å². The molecule has 0 rings (SSSR count). The molecule has 0 fully saturated rings. The molecule has 3 unspecified atom stereocenters. The van der Waals surface area contributed by atoms with E-state index >= 15 is 0 Å². The molecule has 3 atom stereocenters. The molecule has 0 aromatic heterocycles. The summed E-state index contributed by atoms with van der Waals surface area (Å²) >= 11 is 0. The third-order valence-electron chi connectivity index (χ3n) is 4.09. The average molecular weight is 344 g/mol. The van der Waals surface area contributed by atoms with Crippen LogP contribution in [0.15, 0.2) is 0 Å². The number of rotatable bonds is 13. The fourth-order valence-electron chi connectivity index (χ4n) is 2.78. The highest BCUT2D eigenvalue weighted by atomic mass is 16.2. The number of nitrogens with two attached hydrogens (primary N) is 2. The lowest BCUT2D eigenvalue weighted by atomic mass is 9.96. The zero-order chi connectivity index (χ0) is 18.8. The van der Waals surface area contributed by atoms with Crippen LogP contribution in [0.1, 0.15) is 66.7 Å². The Morgan fingerprint density at radius 3 is 2.25 bits per heavy atom. The van der Waals surface area contributed by atoms with E-state index in [2.05, 4.69) is 24.5 Å². The second-order valence-corrected chi connectivity index (χ2v) is 7.21. The van der Waals surface area contributed by atoms with E-state index < -0.39 is 5.54 Å². The van der Waals surface area contributed by atoms with Gasteiger partial charge in [0, 0.05) is 6.04 Å². The quantitative estimate of drug-likeness (QED) is 0.226. The summed E-state index contributed by atoms with van der Waals surface area (Å²) in [5.74, 6) is 10.8. The number of carbonyl (C=O) groups is 2. The van der Waals surface area contributed by atoms with Crippen LogP contribution in [0, 0.1) is 5.92 Å². The predicted molar refractivity (Wildman–Crippen MR) is 97.7 cm³/mol. The Kier molecular flexibility index (Phi) is 11.0. The van der Waals surface area contributed by atoms with Crippen LogP contribution in [0.5, 0.6) is 0 Å². The summed E-state index contributed by atoms with van der Waals surface area (Å²) in [6, 6.07) is -0.0576. The molecule has 142 valence electrons. The van der Waals surface area contributed by atoms with Crippen molar-refractivity contribution in [1.29, 1.82) is 0 Å². The zero-order valence-electron chi connectivity index (χ0n) is 16.0. The molecule has 0 aliphatic rings. The maximum Gasteiger partial charge on any atom is 0.238 e. The van der Waals surface area contributed by atoms with Gasteiger partial charge in [-0.25, -0.2) is 0 Å². The number of carbonyl (C=O) groups excluding carboxylic acids is 2. The van der Waals surface area contributed by atoms with Crippen molar-refractivity contribution in [2.24, 2.45) is 17.6 Å². The molecule has 0 aliphatic carbocycles. The molecule has 0 aromatic carbocycles. The molecule has 24 heavy (non-hydrogen) atoms. The van der Waals surface area contributed by atoms with E-state index in [1.807, 2.05) is 13.8 Å². The van der Waals surface area contributed by atoms with Crippen molar-refractivity contribution >= 4 is 12.2 Å². The van der Waals surface area contributed by atoms with E-state index in [0.717, 1.165) is 37.2 Å². The van der Waals surface area contributed by atoms with Gasteiger partial charge in [0.1, 0.15) is 11.8 Å². The zero-order valence-corrected chi connectivity index (χ0v) is 16.0. The van der Waals surface area contributed by atoms with Gasteiger partial charge in [0.05, 0.1) is 12.6 Å². The summed E-state index contributed by atoms with van der Waals surface area (Å²) < 4.78 is 0. The third-order valence-corrected chi connectivity index (χ3v) is 4.09. The largest absolute Gasteiger partial charge is 0.341 e. The molecular formula is C17H37N5O2. The maximum absolute atomic E-state index is 12.7. The van der Waals surface area contributed by atoms with Gasteiger partial charge < -0.3 is 15.4 Å². The highest BCUT2D eigenvalue weighted by Gasteiger charge is 2.32. The molecule has 0 aliphatic heterocycles. The highest BCUT2D eigenvalue weighted by molar-refractivity contribution is 5.86. The number of hydrogen-bond acceptors (Lipinski definition) is 6. The summed E-state index contributed by atoms with van der Waals surface area (Å²) in [5.41, 5.74) is -1.11. The predicted octanol–water partition coefficient (Wildman–Crippen LogP) is 1.08. The number of nitrogens with one attached hydrogen (secondary N) is 2. The van der Waals surface area contributed by atoms with E-state index in [9.17, 15) is 9.59 Å². The Balaban J connectivity index is 5.00. The van der Waals surface area contributed by atoms with Gasteiger partial charge >= 0.3 is 0 Å². The van der Waals surface area contributed by atoms with Crippen molar-refractivity contribution < 1.29 is 9.59 Å². The number of hydrogen-bond donors (Lipinski definition) is 4. The molecule has 0 saturated heterocycles. The SMILES string of the molecule is CCCCC(CCC)NC(C(=O)NC(C)(C=O)CN(N)N)C(C)C. The van der Waals surface area contributed by atoms with Gasteiger partial charge in [-0.1, -0.05) is 47.0 Å². The van der Waals surface area contributed by atoms with E-state index in [1.54, 1.807) is 6.92 Å². The molecule has 0 heterocycles. The van der Waals surface area contributed by atoms with Gasteiger partial charge in [0.2, 0.25) is 5.91 Å². The number of amides is 1. The lowest BCUT2D eigenvalue weighted by molar-refractivity contribution is -0.129. The number of nitrogens with zero attached hydrogens (tertiary/aromatic N) is 1. The van der Waals surface area contributed by atoms with Crippen molar-refractivity contribution in [1.82, 2.24) is 15.8 Å². The normalized spacial score (nSPS) is 16.7. The van der Waals surface area contributed by atoms with Gasteiger partial charge in [-0.2, -0.15) is 5.12 Å². The fourth-order valence-corrected chi connectivity index (χ4v) is 2.78. The Bertz CT molecular complexity index is 376. The lowest BCUT2D eigenvalue weighted by Gasteiger charge is -2.32. The third kappa shape index (κ3) is 8.73. The topological polar surface area (TPSA) is 113 Å². The average Bonchev–Trinajstić information content (AvgIpc) is 2.48. The molecule has 0 spiro atoms. The maximum atomic E-state index is 12.7. The Labute approximate surface area is 146 Å². The smallest absolute Gasteiger partial charge is 0.238 e. The summed E-state index contributed by atoms with van der Waals surface area (Å²) in [6.07, 6.45) is 6.08. The summed E-state index contributed by atoms with van der Waals surface area (Å²) in [5, 5.41) is 7.18. The van der Waals surface area contributed by atoms with Crippen LogP contribution in [0.2, 0.25) is 0 Å². The summed E-state index contributed by atoms with van der Waals surface area (Å²) in [4.78, 5) is 24.1. The Hall–Kier alpha value is -1.02. The first-order valence-electron chi connectivity index (χ1n) is 9.00. The van der Waals surface area contributed by atoms with Crippen molar-refractivity contribution in [2.45, 2.75) is 84.3 Å². The first-order valence-corrected chi connectivity index (χ1v) is 9.00. The molecule has 1 amide bonds. The minimum absolute atomic E-state index is 0.0429. The second kappa shape index (κ2) is 11.5. The van der Waals surface area contributed by atoms with E-state index in [4.69, 9.17) is 11.7 Å². The molecule has 0 radical (unpaired) electrons. The fraction of sp³-hybridized carbons (Fsp3) is 0.882. The Morgan fingerprint density at radius 2 is 1.83 bits per heavy atom.